The van der Waals surface area contributed by atoms with E-state index in [4.69, 9.17) is 16.3 Å². The average Bonchev–Trinajstić information content (AvgIpc) is 3.19. The lowest BCUT2D eigenvalue weighted by molar-refractivity contribution is 0.304. The molecule has 0 saturated heterocycles. The van der Waals surface area contributed by atoms with Crippen molar-refractivity contribution >= 4 is 28.3 Å². The van der Waals surface area contributed by atoms with E-state index in [1.165, 1.54) is 12.1 Å². The molecule has 1 heterocycles. The Morgan fingerprint density at radius 2 is 2.03 bits per heavy atom. The second-order valence-corrected chi connectivity index (χ2v) is 7.02. The largest absolute Gasteiger partial charge is 0.488 e. The van der Waals surface area contributed by atoms with E-state index < -0.39 is 0 Å². The van der Waals surface area contributed by atoms with Crippen molar-refractivity contribution in [2.75, 3.05) is 5.32 Å². The minimum Gasteiger partial charge on any atom is -0.488 e. The normalized spacial score (nSPS) is 10.9. The van der Waals surface area contributed by atoms with Crippen LogP contribution < -0.4 is 10.1 Å². The zero-order valence-corrected chi connectivity index (χ0v) is 16.8. The maximum Gasteiger partial charge on any atom is 0.243 e. The summed E-state index contributed by atoms with van der Waals surface area (Å²) in [6.07, 6.45) is 1.72. The molecule has 1 N–H and O–H groups in total. The average molecular weight is 424 g/mol. The molecule has 1 aromatic heterocycles. The van der Waals surface area contributed by atoms with Gasteiger partial charge in [-0.1, -0.05) is 59.2 Å². The fraction of sp³-hybridized carbons (Fsp3) is 0.136. The zero-order chi connectivity index (χ0) is 20.9. The molecule has 0 atom stereocenters. The fourth-order valence-corrected chi connectivity index (χ4v) is 3.39. The third kappa shape index (κ3) is 4.26. The molecule has 0 radical (unpaired) electrons. The van der Waals surface area contributed by atoms with Gasteiger partial charge in [-0.3, -0.25) is 0 Å². The number of allylic oxidation sites excluding steroid dienone is 1. The number of fused-ring (bicyclic) bond motifs is 1. The van der Waals surface area contributed by atoms with Crippen LogP contribution in [0.15, 0.2) is 67.3 Å². The number of aromatic nitrogens is 4. The smallest absolute Gasteiger partial charge is 0.243 e. The molecule has 0 aliphatic heterocycles. The molecule has 4 rings (SSSR count). The Kier molecular flexibility index (Phi) is 5.90. The molecule has 0 fully saturated rings. The van der Waals surface area contributed by atoms with E-state index >= 15 is 0 Å². The number of halogens is 2. The van der Waals surface area contributed by atoms with Crippen molar-refractivity contribution in [3.05, 3.63) is 89.2 Å². The van der Waals surface area contributed by atoms with E-state index in [2.05, 4.69) is 27.4 Å². The topological polar surface area (TPSA) is 64.9 Å². The molecule has 0 unspecified atom stereocenters. The van der Waals surface area contributed by atoms with Gasteiger partial charge in [-0.2, -0.15) is 0 Å². The van der Waals surface area contributed by atoms with E-state index in [1.54, 1.807) is 16.8 Å². The quantitative estimate of drug-likeness (QED) is 0.404. The zero-order valence-electron chi connectivity index (χ0n) is 16.1. The van der Waals surface area contributed by atoms with Crippen molar-refractivity contribution in [3.8, 4) is 5.75 Å². The first-order valence-electron chi connectivity index (χ1n) is 9.34. The van der Waals surface area contributed by atoms with Crippen LogP contribution in [0.25, 0.3) is 10.8 Å². The van der Waals surface area contributed by atoms with E-state index in [-0.39, 0.29) is 12.4 Å². The fourth-order valence-electron chi connectivity index (χ4n) is 3.17. The highest BCUT2D eigenvalue weighted by molar-refractivity contribution is 6.31. The van der Waals surface area contributed by atoms with Crippen LogP contribution in [-0.4, -0.2) is 20.2 Å². The van der Waals surface area contributed by atoms with E-state index in [0.29, 0.717) is 35.4 Å². The molecular weight excluding hydrogens is 405 g/mol. The van der Waals surface area contributed by atoms with Crippen molar-refractivity contribution in [3.63, 3.8) is 0 Å². The molecule has 8 heteroatoms. The first kappa shape index (κ1) is 19.8. The molecule has 0 aliphatic carbocycles. The summed E-state index contributed by atoms with van der Waals surface area (Å²) in [6, 6.07) is 16.2. The Hall–Kier alpha value is -3.45. The second-order valence-electron chi connectivity index (χ2n) is 6.61. The first-order chi connectivity index (χ1) is 14.7. The third-order valence-electron chi connectivity index (χ3n) is 4.65. The highest BCUT2D eigenvalue weighted by atomic mass is 35.5. The number of benzene rings is 3. The Labute approximate surface area is 177 Å². The van der Waals surface area contributed by atoms with E-state index in [0.717, 1.165) is 16.3 Å². The van der Waals surface area contributed by atoms with Gasteiger partial charge in [-0.05, 0) is 39.4 Å². The molecule has 3 aromatic carbocycles. The number of nitrogens with one attached hydrogen (secondary N) is 1. The van der Waals surface area contributed by atoms with Crippen LogP contribution in [0.1, 0.15) is 11.1 Å². The van der Waals surface area contributed by atoms with Crippen LogP contribution in [0, 0.1) is 5.82 Å². The standard InChI is InChI=1S/C22H19ClFN5O/c1-2-11-29-22(26-27-28-29)25-13-19-18-6-4-3-5-15(18)8-10-21(19)30-14-16-7-9-17(24)12-20(16)23/h2-10,12H,1,11,13-14H2,(H,25,26,28). The van der Waals surface area contributed by atoms with Gasteiger partial charge in [-0.25, -0.2) is 9.07 Å². The Bertz CT molecular complexity index is 1190. The molecule has 4 aromatic rings. The van der Waals surface area contributed by atoms with Gasteiger partial charge in [0.2, 0.25) is 5.95 Å². The van der Waals surface area contributed by atoms with Crippen LogP contribution in [0.2, 0.25) is 5.02 Å². The van der Waals surface area contributed by atoms with Gasteiger partial charge in [0.1, 0.15) is 18.2 Å². The number of rotatable bonds is 8. The summed E-state index contributed by atoms with van der Waals surface area (Å²) in [6.45, 7) is 4.89. The van der Waals surface area contributed by atoms with Gasteiger partial charge in [0, 0.05) is 17.7 Å². The van der Waals surface area contributed by atoms with Crippen molar-refractivity contribution in [1.29, 1.82) is 0 Å². The Balaban J connectivity index is 1.62. The van der Waals surface area contributed by atoms with Crippen molar-refractivity contribution in [1.82, 2.24) is 20.2 Å². The van der Waals surface area contributed by atoms with Crippen LogP contribution in [0.4, 0.5) is 10.3 Å². The summed E-state index contributed by atoms with van der Waals surface area (Å²) in [5.41, 5.74) is 1.67. The summed E-state index contributed by atoms with van der Waals surface area (Å²) in [5, 5.41) is 17.4. The molecule has 0 saturated carbocycles. The monoisotopic (exact) mass is 423 g/mol. The molecule has 6 nitrogen and oxygen atoms in total. The summed E-state index contributed by atoms with van der Waals surface area (Å²) in [5.74, 6) is 0.858. The molecule has 0 spiro atoms. The summed E-state index contributed by atoms with van der Waals surface area (Å²) in [7, 11) is 0. The van der Waals surface area contributed by atoms with Gasteiger partial charge in [0.05, 0.1) is 11.6 Å². The number of hydrogen-bond acceptors (Lipinski definition) is 5. The highest BCUT2D eigenvalue weighted by Crippen LogP contribution is 2.30. The van der Waals surface area contributed by atoms with Gasteiger partial charge < -0.3 is 10.1 Å². The first-order valence-corrected chi connectivity index (χ1v) is 9.72. The number of tetrazole rings is 1. The van der Waals surface area contributed by atoms with Gasteiger partial charge in [-0.15, -0.1) is 6.58 Å². The lowest BCUT2D eigenvalue weighted by Gasteiger charge is -2.16. The Morgan fingerprint density at radius 3 is 2.87 bits per heavy atom. The van der Waals surface area contributed by atoms with Crippen LogP contribution in [0.5, 0.6) is 5.75 Å². The maximum absolute atomic E-state index is 13.3. The molecule has 0 bridgehead atoms. The summed E-state index contributed by atoms with van der Waals surface area (Å²) < 4.78 is 21.0. The van der Waals surface area contributed by atoms with Gasteiger partial charge >= 0.3 is 0 Å². The molecular formula is C22H19ClFN5O. The molecule has 0 amide bonds. The van der Waals surface area contributed by atoms with E-state index in [9.17, 15) is 4.39 Å². The Morgan fingerprint density at radius 1 is 1.17 bits per heavy atom. The lowest BCUT2D eigenvalue weighted by atomic mass is 10.0. The predicted octanol–water partition coefficient (Wildman–Crippen LogP) is 5.00. The second kappa shape index (κ2) is 8.92. The molecule has 0 aliphatic rings. The van der Waals surface area contributed by atoms with Gasteiger partial charge in [0.15, 0.2) is 0 Å². The molecule has 30 heavy (non-hydrogen) atoms. The predicted molar refractivity (Wildman–Crippen MR) is 115 cm³/mol. The third-order valence-corrected chi connectivity index (χ3v) is 5.00. The van der Waals surface area contributed by atoms with E-state index in [1.807, 2.05) is 36.4 Å². The van der Waals surface area contributed by atoms with Crippen molar-refractivity contribution in [2.24, 2.45) is 0 Å². The number of nitrogens with zero attached hydrogens (tertiary/aromatic N) is 4. The van der Waals surface area contributed by atoms with Crippen molar-refractivity contribution in [2.45, 2.75) is 19.7 Å². The highest BCUT2D eigenvalue weighted by Gasteiger charge is 2.12. The minimum absolute atomic E-state index is 0.221. The summed E-state index contributed by atoms with van der Waals surface area (Å²) in [4.78, 5) is 0. The maximum atomic E-state index is 13.3. The lowest BCUT2D eigenvalue weighted by Crippen LogP contribution is -2.10. The van der Waals surface area contributed by atoms with Crippen LogP contribution in [0.3, 0.4) is 0 Å². The van der Waals surface area contributed by atoms with Crippen LogP contribution >= 0.6 is 11.6 Å². The minimum atomic E-state index is -0.378. The summed E-state index contributed by atoms with van der Waals surface area (Å²) >= 11 is 6.14. The van der Waals surface area contributed by atoms with Crippen LogP contribution in [-0.2, 0) is 19.7 Å². The van der Waals surface area contributed by atoms with Gasteiger partial charge in [0.25, 0.3) is 0 Å². The number of hydrogen-bond donors (Lipinski definition) is 1. The number of ether oxygens (including phenoxy) is 1. The number of anilines is 1. The molecule has 152 valence electrons. The SMILES string of the molecule is C=CCn1nnnc1NCc1c(OCc2ccc(F)cc2Cl)ccc2ccccc12. The van der Waals surface area contributed by atoms with Crippen molar-refractivity contribution < 1.29 is 9.13 Å².